The Balaban J connectivity index is 0.00000361. The number of halogens is 4. The molecule has 20 heavy (non-hydrogen) atoms. The SMILES string of the molecule is CCCCN(CCCC)c1c(F)c(F)[c-]c(F)c1F.[Ti]. The van der Waals surface area contributed by atoms with Gasteiger partial charge in [-0.3, -0.25) is 8.78 Å². The van der Waals surface area contributed by atoms with Gasteiger partial charge < -0.3 is 4.90 Å². The fraction of sp³-hybridized carbons (Fsp3) is 0.571. The van der Waals surface area contributed by atoms with Crippen molar-refractivity contribution in [1.82, 2.24) is 0 Å². The first kappa shape index (κ1) is 19.5. The first-order chi connectivity index (χ1) is 9.02. The van der Waals surface area contributed by atoms with Crippen molar-refractivity contribution in [2.24, 2.45) is 0 Å². The van der Waals surface area contributed by atoms with Gasteiger partial charge in [0.2, 0.25) is 0 Å². The van der Waals surface area contributed by atoms with Crippen LogP contribution in [0.15, 0.2) is 0 Å². The predicted octanol–water partition coefficient (Wildman–Crippen LogP) is 4.45. The van der Waals surface area contributed by atoms with Crippen LogP contribution in [0.4, 0.5) is 23.2 Å². The first-order valence-corrected chi connectivity index (χ1v) is 6.53. The molecule has 0 radical (unpaired) electrons. The summed E-state index contributed by atoms with van der Waals surface area (Å²) in [6.45, 7) is 4.61. The van der Waals surface area contributed by atoms with Crippen LogP contribution in [0.5, 0.6) is 0 Å². The maximum absolute atomic E-state index is 13.7. The van der Waals surface area contributed by atoms with E-state index in [9.17, 15) is 17.6 Å². The molecular weight excluding hydrogens is 306 g/mol. The molecule has 0 saturated heterocycles. The molecule has 0 aliphatic heterocycles. The van der Waals surface area contributed by atoms with Crippen LogP contribution in [0.25, 0.3) is 0 Å². The molecule has 0 saturated carbocycles. The molecule has 1 aromatic carbocycles. The van der Waals surface area contributed by atoms with E-state index in [-0.39, 0.29) is 21.7 Å². The molecule has 0 fully saturated rings. The topological polar surface area (TPSA) is 3.24 Å². The second-order valence-corrected chi connectivity index (χ2v) is 4.42. The number of unbranched alkanes of at least 4 members (excludes halogenated alkanes) is 2. The van der Waals surface area contributed by atoms with E-state index in [1.165, 1.54) is 11.0 Å². The van der Waals surface area contributed by atoms with Gasteiger partial charge in [0.15, 0.2) is 0 Å². The normalized spacial score (nSPS) is 10.3. The van der Waals surface area contributed by atoms with E-state index in [1.807, 2.05) is 13.8 Å². The van der Waals surface area contributed by atoms with Crippen molar-refractivity contribution in [2.75, 3.05) is 18.0 Å². The van der Waals surface area contributed by atoms with Gasteiger partial charge in [0.1, 0.15) is 0 Å². The molecule has 0 N–H and O–H groups in total. The number of hydrogen-bond donors (Lipinski definition) is 0. The summed E-state index contributed by atoms with van der Waals surface area (Å²) in [4.78, 5) is 1.37. The fourth-order valence-electron chi connectivity index (χ4n) is 1.82. The van der Waals surface area contributed by atoms with Crippen LogP contribution >= 0.6 is 0 Å². The number of benzene rings is 1. The van der Waals surface area contributed by atoms with Gasteiger partial charge in [-0.15, -0.1) is 6.07 Å². The van der Waals surface area contributed by atoms with Gasteiger partial charge in [0.25, 0.3) is 0 Å². The quantitative estimate of drug-likeness (QED) is 0.310. The summed E-state index contributed by atoms with van der Waals surface area (Å²) < 4.78 is 53.7. The van der Waals surface area contributed by atoms with Crippen LogP contribution in [0, 0.1) is 29.3 Å². The molecule has 1 aromatic rings. The third kappa shape index (κ3) is 4.78. The molecular formula is C14H18F4NTi-. The van der Waals surface area contributed by atoms with Crippen LogP contribution in [0.2, 0.25) is 0 Å². The summed E-state index contributed by atoms with van der Waals surface area (Å²) in [5.41, 5.74) is -0.615. The van der Waals surface area contributed by atoms with Crippen molar-refractivity contribution in [2.45, 2.75) is 39.5 Å². The molecule has 0 unspecified atom stereocenters. The maximum atomic E-state index is 13.7. The molecule has 112 valence electrons. The number of nitrogens with zero attached hydrogens (tertiary/aromatic N) is 1. The van der Waals surface area contributed by atoms with Crippen molar-refractivity contribution < 1.29 is 39.3 Å². The number of hydrogen-bond acceptors (Lipinski definition) is 1. The molecule has 1 rings (SSSR count). The van der Waals surface area contributed by atoms with Gasteiger partial charge >= 0.3 is 0 Å². The Morgan fingerprint density at radius 3 is 1.60 bits per heavy atom. The van der Waals surface area contributed by atoms with Crippen molar-refractivity contribution in [1.29, 1.82) is 0 Å². The molecule has 0 heterocycles. The summed E-state index contributed by atoms with van der Waals surface area (Å²) in [6.07, 6.45) is 3.06. The largest absolute Gasteiger partial charge is 0.388 e. The van der Waals surface area contributed by atoms with Gasteiger partial charge in [0.05, 0.1) is 23.3 Å². The zero-order chi connectivity index (χ0) is 14.4. The minimum Gasteiger partial charge on any atom is -0.388 e. The molecule has 0 aromatic heterocycles. The van der Waals surface area contributed by atoms with E-state index in [0.717, 1.165) is 12.8 Å². The maximum Gasteiger partial charge on any atom is 0.0689 e. The van der Waals surface area contributed by atoms with E-state index in [2.05, 4.69) is 0 Å². The van der Waals surface area contributed by atoms with Crippen LogP contribution in [0.1, 0.15) is 39.5 Å². The summed E-state index contributed by atoms with van der Waals surface area (Å²) in [5.74, 6) is -5.70. The predicted molar refractivity (Wildman–Crippen MR) is 67.1 cm³/mol. The van der Waals surface area contributed by atoms with E-state index in [0.29, 0.717) is 25.9 Å². The third-order valence-electron chi connectivity index (χ3n) is 2.90. The Kier molecular flexibility index (Phi) is 9.14. The summed E-state index contributed by atoms with van der Waals surface area (Å²) in [6, 6.07) is 1.40. The van der Waals surface area contributed by atoms with Crippen LogP contribution in [-0.2, 0) is 21.7 Å². The van der Waals surface area contributed by atoms with Gasteiger partial charge in [-0.1, -0.05) is 26.7 Å². The second kappa shape index (κ2) is 9.40. The molecule has 0 atom stereocenters. The molecule has 0 bridgehead atoms. The fourth-order valence-corrected chi connectivity index (χ4v) is 1.82. The smallest absolute Gasteiger partial charge is 0.0689 e. The summed E-state index contributed by atoms with van der Waals surface area (Å²) in [5, 5.41) is 0. The number of rotatable bonds is 7. The van der Waals surface area contributed by atoms with E-state index < -0.39 is 29.0 Å². The molecule has 1 nitrogen and oxygen atoms in total. The average Bonchev–Trinajstić information content (AvgIpc) is 2.39. The number of anilines is 1. The second-order valence-electron chi connectivity index (χ2n) is 4.42. The monoisotopic (exact) mass is 324 g/mol. The summed E-state index contributed by atoms with van der Waals surface area (Å²) in [7, 11) is 0. The standard InChI is InChI=1S/C14H18F4N.Ti/c1-3-5-7-19(8-6-4-2)14-12(17)10(15)9-11(16)13(14)18;/h3-8H2,1-2H3;/q-1;. The van der Waals surface area contributed by atoms with E-state index in [4.69, 9.17) is 0 Å². The Labute approximate surface area is 132 Å². The molecule has 6 heteroatoms. The Bertz CT molecular complexity index is 392. The Hall–Kier alpha value is -0.546. The van der Waals surface area contributed by atoms with Gasteiger partial charge in [0, 0.05) is 40.5 Å². The van der Waals surface area contributed by atoms with E-state index >= 15 is 0 Å². The minimum absolute atomic E-state index is 0. The third-order valence-corrected chi connectivity index (χ3v) is 2.90. The van der Waals surface area contributed by atoms with E-state index in [1.54, 1.807) is 0 Å². The summed E-state index contributed by atoms with van der Waals surface area (Å²) >= 11 is 0. The van der Waals surface area contributed by atoms with Gasteiger partial charge in [-0.25, -0.2) is 8.78 Å². The minimum atomic E-state index is -1.48. The van der Waals surface area contributed by atoms with Crippen molar-refractivity contribution >= 4 is 5.69 Å². The Morgan fingerprint density at radius 2 is 1.25 bits per heavy atom. The first-order valence-electron chi connectivity index (χ1n) is 6.53. The molecule has 0 aliphatic carbocycles. The van der Waals surface area contributed by atoms with Gasteiger partial charge in [-0.05, 0) is 12.8 Å². The van der Waals surface area contributed by atoms with Gasteiger partial charge in [-0.2, -0.15) is 0 Å². The Morgan fingerprint density at radius 1 is 0.850 bits per heavy atom. The molecule has 0 aliphatic rings. The molecule has 0 amide bonds. The molecule has 0 spiro atoms. The zero-order valence-corrected chi connectivity index (χ0v) is 13.3. The van der Waals surface area contributed by atoms with Crippen molar-refractivity contribution in [3.05, 3.63) is 29.3 Å². The average molecular weight is 324 g/mol. The van der Waals surface area contributed by atoms with Crippen LogP contribution < -0.4 is 4.90 Å². The van der Waals surface area contributed by atoms with Crippen LogP contribution in [0.3, 0.4) is 0 Å². The van der Waals surface area contributed by atoms with Crippen molar-refractivity contribution in [3.63, 3.8) is 0 Å². The zero-order valence-electron chi connectivity index (χ0n) is 11.7. The van der Waals surface area contributed by atoms with Crippen LogP contribution in [-0.4, -0.2) is 13.1 Å². The van der Waals surface area contributed by atoms with Crippen molar-refractivity contribution in [3.8, 4) is 0 Å².